The van der Waals surface area contributed by atoms with E-state index in [4.69, 9.17) is 9.47 Å². The van der Waals surface area contributed by atoms with E-state index in [1.54, 1.807) is 38.1 Å². The maximum Gasteiger partial charge on any atom is 0.241 e. The van der Waals surface area contributed by atoms with E-state index < -0.39 is 16.1 Å². The lowest BCUT2D eigenvalue weighted by Gasteiger charge is -2.21. The van der Waals surface area contributed by atoms with Crippen molar-refractivity contribution in [1.29, 1.82) is 0 Å². The largest absolute Gasteiger partial charge is 0.486 e. The molecule has 2 N–H and O–H groups in total. The summed E-state index contributed by atoms with van der Waals surface area (Å²) in [5, 5.41) is 2.74. The molecule has 2 aliphatic rings. The molecule has 142 valence electrons. The monoisotopic (exact) mass is 388 g/mol. The number of sulfonamides is 1. The minimum Gasteiger partial charge on any atom is -0.486 e. The van der Waals surface area contributed by atoms with E-state index in [9.17, 15) is 13.2 Å². The summed E-state index contributed by atoms with van der Waals surface area (Å²) in [5.74, 6) is 0.771. The molecule has 8 heteroatoms. The summed E-state index contributed by atoms with van der Waals surface area (Å²) in [6, 6.07) is 9.59. The van der Waals surface area contributed by atoms with Crippen LogP contribution in [-0.2, 0) is 14.8 Å². The third-order valence-corrected chi connectivity index (χ3v) is 6.39. The van der Waals surface area contributed by atoms with Crippen LogP contribution in [0.1, 0.15) is 36.9 Å². The number of fused-ring (bicyclic) bond motifs is 2. The highest BCUT2D eigenvalue weighted by atomic mass is 32.2. The molecule has 0 saturated heterocycles. The lowest BCUT2D eigenvalue weighted by molar-refractivity contribution is -0.116. The lowest BCUT2D eigenvalue weighted by Crippen LogP contribution is -2.27. The van der Waals surface area contributed by atoms with Gasteiger partial charge in [0.15, 0.2) is 11.5 Å². The standard InChI is InChI=1S/C19H20N2O5S/c1-11-15-10-14(4-5-16(15)20-19(11)22)27(23,24)21-12(2)13-3-6-17-18(9-13)26-8-7-25-17/h3-6,9-12,21H,7-8H2,1-2H3,(H,20,22)/t11-,12+/m1/s1. The number of carbonyl (C=O) groups is 1. The van der Waals surface area contributed by atoms with Crippen LogP contribution in [-0.4, -0.2) is 27.5 Å². The molecule has 0 bridgehead atoms. The van der Waals surface area contributed by atoms with E-state index in [1.807, 2.05) is 6.07 Å². The van der Waals surface area contributed by atoms with Crippen LogP contribution in [0.4, 0.5) is 5.69 Å². The fourth-order valence-corrected chi connectivity index (χ4v) is 4.53. The zero-order valence-corrected chi connectivity index (χ0v) is 15.8. The Bertz CT molecular complexity index is 1020. The molecule has 2 atom stereocenters. The molecule has 0 radical (unpaired) electrons. The van der Waals surface area contributed by atoms with Gasteiger partial charge >= 0.3 is 0 Å². The Morgan fingerprint density at radius 1 is 1.11 bits per heavy atom. The van der Waals surface area contributed by atoms with Crippen LogP contribution in [0.25, 0.3) is 0 Å². The van der Waals surface area contributed by atoms with Crippen LogP contribution in [0, 0.1) is 0 Å². The molecule has 7 nitrogen and oxygen atoms in total. The smallest absolute Gasteiger partial charge is 0.241 e. The summed E-state index contributed by atoms with van der Waals surface area (Å²) in [5.41, 5.74) is 2.12. The quantitative estimate of drug-likeness (QED) is 0.840. The highest BCUT2D eigenvalue weighted by molar-refractivity contribution is 7.89. The number of anilines is 1. The Kier molecular flexibility index (Phi) is 4.32. The second-order valence-electron chi connectivity index (χ2n) is 6.71. The first-order valence-electron chi connectivity index (χ1n) is 8.72. The SMILES string of the molecule is C[C@H](NS(=O)(=O)c1ccc2c(c1)[C@@H](C)C(=O)N2)c1ccc2c(c1)OCCO2. The zero-order valence-electron chi connectivity index (χ0n) is 15.0. The normalized spacial score (nSPS) is 19.3. The van der Waals surface area contributed by atoms with Gasteiger partial charge in [-0.3, -0.25) is 4.79 Å². The molecular weight excluding hydrogens is 368 g/mol. The fourth-order valence-electron chi connectivity index (χ4n) is 3.26. The van der Waals surface area contributed by atoms with E-state index in [0.717, 1.165) is 5.56 Å². The molecule has 0 saturated carbocycles. The summed E-state index contributed by atoms with van der Waals surface area (Å²) in [4.78, 5) is 11.9. The Balaban J connectivity index is 1.58. The maximum atomic E-state index is 12.8. The summed E-state index contributed by atoms with van der Waals surface area (Å²) in [6.45, 7) is 4.49. The third-order valence-electron chi connectivity index (χ3n) is 4.85. The van der Waals surface area contributed by atoms with E-state index in [1.165, 1.54) is 6.07 Å². The molecule has 2 aromatic rings. The second-order valence-corrected chi connectivity index (χ2v) is 8.42. The van der Waals surface area contributed by atoms with Gasteiger partial charge in [0.25, 0.3) is 0 Å². The number of hydrogen-bond donors (Lipinski definition) is 2. The van der Waals surface area contributed by atoms with Crippen LogP contribution in [0.2, 0.25) is 0 Å². The minimum atomic E-state index is -3.75. The van der Waals surface area contributed by atoms with Gasteiger partial charge in [0.1, 0.15) is 13.2 Å². The predicted octanol–water partition coefficient (Wildman–Crippen LogP) is 2.55. The first kappa shape index (κ1) is 17.8. The number of ether oxygens (including phenoxy) is 2. The van der Waals surface area contributed by atoms with Crippen LogP contribution in [0.5, 0.6) is 11.5 Å². The predicted molar refractivity (Wildman–Crippen MR) is 99.7 cm³/mol. The molecular formula is C19H20N2O5S. The Labute approximate surface area is 157 Å². The molecule has 0 spiro atoms. The third kappa shape index (κ3) is 3.26. The molecule has 0 aliphatic carbocycles. The number of carbonyl (C=O) groups excluding carboxylic acids is 1. The van der Waals surface area contributed by atoms with E-state index >= 15 is 0 Å². The minimum absolute atomic E-state index is 0.128. The summed E-state index contributed by atoms with van der Waals surface area (Å²) < 4.78 is 39.4. The molecule has 4 rings (SSSR count). The number of rotatable bonds is 4. The first-order valence-corrected chi connectivity index (χ1v) is 10.2. The molecule has 1 amide bonds. The van der Waals surface area contributed by atoms with Crippen LogP contribution in [0.3, 0.4) is 0 Å². The molecule has 27 heavy (non-hydrogen) atoms. The highest BCUT2D eigenvalue weighted by Crippen LogP contribution is 2.35. The Hall–Kier alpha value is -2.58. The first-order chi connectivity index (χ1) is 12.8. The number of amides is 1. The molecule has 2 aliphatic heterocycles. The molecule has 0 fully saturated rings. The Morgan fingerprint density at radius 2 is 1.85 bits per heavy atom. The lowest BCUT2D eigenvalue weighted by atomic mass is 10.0. The second kappa shape index (κ2) is 6.54. The van der Waals surface area contributed by atoms with Crippen molar-refractivity contribution in [3.8, 4) is 11.5 Å². The highest BCUT2D eigenvalue weighted by Gasteiger charge is 2.29. The average Bonchev–Trinajstić information content (AvgIpc) is 2.94. The number of hydrogen-bond acceptors (Lipinski definition) is 5. The van der Waals surface area contributed by atoms with Crippen molar-refractivity contribution in [1.82, 2.24) is 4.72 Å². The van der Waals surface area contributed by atoms with Crippen LogP contribution in [0.15, 0.2) is 41.3 Å². The van der Waals surface area contributed by atoms with Crippen molar-refractivity contribution in [3.05, 3.63) is 47.5 Å². The van der Waals surface area contributed by atoms with Gasteiger partial charge in [0.05, 0.1) is 10.8 Å². The fraction of sp³-hybridized carbons (Fsp3) is 0.316. The van der Waals surface area contributed by atoms with Crippen LogP contribution >= 0.6 is 0 Å². The van der Waals surface area contributed by atoms with Crippen molar-refractivity contribution < 1.29 is 22.7 Å². The summed E-state index contributed by atoms with van der Waals surface area (Å²) in [7, 11) is -3.75. The number of benzene rings is 2. The van der Waals surface area contributed by atoms with Gasteiger partial charge in [-0.2, -0.15) is 0 Å². The van der Waals surface area contributed by atoms with E-state index in [0.29, 0.717) is 36.0 Å². The van der Waals surface area contributed by atoms with Gasteiger partial charge in [-0.1, -0.05) is 6.07 Å². The molecule has 2 aromatic carbocycles. The van der Waals surface area contributed by atoms with Gasteiger partial charge in [-0.15, -0.1) is 0 Å². The van der Waals surface area contributed by atoms with Crippen molar-refractivity contribution in [2.24, 2.45) is 0 Å². The van der Waals surface area contributed by atoms with Crippen LogP contribution < -0.4 is 19.5 Å². The summed E-state index contributed by atoms with van der Waals surface area (Å²) >= 11 is 0. The van der Waals surface area contributed by atoms with Gasteiger partial charge in [0.2, 0.25) is 15.9 Å². The molecule has 2 heterocycles. The topological polar surface area (TPSA) is 93.7 Å². The maximum absolute atomic E-state index is 12.8. The van der Waals surface area contributed by atoms with E-state index in [-0.39, 0.29) is 16.7 Å². The number of nitrogens with one attached hydrogen (secondary N) is 2. The van der Waals surface area contributed by atoms with E-state index in [2.05, 4.69) is 10.0 Å². The molecule has 0 unspecified atom stereocenters. The van der Waals surface area contributed by atoms with Crippen molar-refractivity contribution >= 4 is 21.6 Å². The summed E-state index contributed by atoms with van der Waals surface area (Å²) in [6.07, 6.45) is 0. The van der Waals surface area contributed by atoms with Gasteiger partial charge in [0, 0.05) is 11.7 Å². The van der Waals surface area contributed by atoms with Gasteiger partial charge in [-0.05, 0) is 55.3 Å². The average molecular weight is 388 g/mol. The van der Waals surface area contributed by atoms with Gasteiger partial charge in [-0.25, -0.2) is 13.1 Å². The van der Waals surface area contributed by atoms with Crippen molar-refractivity contribution in [2.75, 3.05) is 18.5 Å². The Morgan fingerprint density at radius 3 is 2.63 bits per heavy atom. The van der Waals surface area contributed by atoms with Crippen molar-refractivity contribution in [2.45, 2.75) is 30.7 Å². The van der Waals surface area contributed by atoms with Crippen molar-refractivity contribution in [3.63, 3.8) is 0 Å². The molecule has 0 aromatic heterocycles. The zero-order chi connectivity index (χ0) is 19.2. The van der Waals surface area contributed by atoms with Gasteiger partial charge < -0.3 is 14.8 Å².